The molecule has 5 heteroatoms. The first kappa shape index (κ1) is 14.0. The van der Waals surface area contributed by atoms with E-state index in [1.807, 2.05) is 0 Å². The highest BCUT2D eigenvalue weighted by atomic mass is 16.5. The monoisotopic (exact) mass is 271 g/mol. The van der Waals surface area contributed by atoms with Crippen LogP contribution in [0.25, 0.3) is 0 Å². The summed E-state index contributed by atoms with van der Waals surface area (Å²) in [6.07, 6.45) is 3.95. The summed E-state index contributed by atoms with van der Waals surface area (Å²) in [5.74, 6) is 0.136. The number of carbonyl (C=O) groups is 1. The molecule has 0 saturated heterocycles. The summed E-state index contributed by atoms with van der Waals surface area (Å²) in [5, 5.41) is 3.16. The number of rotatable bonds is 5. The molecular formula is C15H17N3O2. The third-order valence-corrected chi connectivity index (χ3v) is 2.95. The van der Waals surface area contributed by atoms with Crippen LogP contribution in [0.3, 0.4) is 0 Å². The Morgan fingerprint density at radius 3 is 2.40 bits per heavy atom. The number of hydrogen-bond acceptors (Lipinski definition) is 5. The number of nitrogens with zero attached hydrogens (tertiary/aromatic N) is 2. The number of nitrogens with one attached hydrogen (secondary N) is 1. The van der Waals surface area contributed by atoms with E-state index >= 15 is 0 Å². The molecule has 2 aromatic rings. The SMILES string of the molecule is CCc1ccc(CNc2cnc(C(=O)OC)cn2)cc1. The molecule has 0 aliphatic carbocycles. The Balaban J connectivity index is 1.94. The summed E-state index contributed by atoms with van der Waals surface area (Å²) in [4.78, 5) is 19.3. The molecule has 2 rings (SSSR count). The fraction of sp³-hybridized carbons (Fsp3) is 0.267. The van der Waals surface area contributed by atoms with E-state index in [0.29, 0.717) is 12.4 Å². The average Bonchev–Trinajstić information content (AvgIpc) is 2.53. The average molecular weight is 271 g/mol. The van der Waals surface area contributed by atoms with Crippen LogP contribution in [0, 0.1) is 0 Å². The van der Waals surface area contributed by atoms with E-state index in [1.54, 1.807) is 0 Å². The number of ether oxygens (including phenoxy) is 1. The van der Waals surface area contributed by atoms with Crippen molar-refractivity contribution >= 4 is 11.8 Å². The molecule has 1 N–H and O–H groups in total. The minimum absolute atomic E-state index is 0.199. The van der Waals surface area contributed by atoms with Gasteiger partial charge < -0.3 is 10.1 Å². The van der Waals surface area contributed by atoms with E-state index in [1.165, 1.54) is 30.6 Å². The van der Waals surface area contributed by atoms with E-state index in [4.69, 9.17) is 0 Å². The van der Waals surface area contributed by atoms with Crippen LogP contribution < -0.4 is 5.32 Å². The second-order valence-electron chi connectivity index (χ2n) is 4.30. The van der Waals surface area contributed by atoms with Crippen molar-refractivity contribution < 1.29 is 9.53 Å². The highest BCUT2D eigenvalue weighted by Crippen LogP contribution is 2.08. The summed E-state index contributed by atoms with van der Waals surface area (Å²) in [6.45, 7) is 2.79. The first-order valence-corrected chi connectivity index (χ1v) is 6.45. The number of aromatic nitrogens is 2. The number of carbonyl (C=O) groups excluding carboxylic acids is 1. The van der Waals surface area contributed by atoms with Gasteiger partial charge in [0.2, 0.25) is 0 Å². The van der Waals surface area contributed by atoms with Gasteiger partial charge in [0.25, 0.3) is 0 Å². The van der Waals surface area contributed by atoms with Crippen molar-refractivity contribution in [1.29, 1.82) is 0 Å². The highest BCUT2D eigenvalue weighted by molar-refractivity contribution is 5.86. The Morgan fingerprint density at radius 1 is 1.15 bits per heavy atom. The zero-order chi connectivity index (χ0) is 14.4. The van der Waals surface area contributed by atoms with Gasteiger partial charge >= 0.3 is 5.97 Å². The molecule has 0 radical (unpaired) electrons. The van der Waals surface area contributed by atoms with Crippen molar-refractivity contribution in [2.45, 2.75) is 19.9 Å². The molecule has 104 valence electrons. The standard InChI is InChI=1S/C15H17N3O2/c1-3-11-4-6-12(7-5-11)8-17-14-10-16-13(9-18-14)15(19)20-2/h4-7,9-10H,3,8H2,1-2H3,(H,17,18). The first-order valence-electron chi connectivity index (χ1n) is 6.45. The molecule has 0 aliphatic heterocycles. The maximum atomic E-state index is 11.2. The Kier molecular flexibility index (Phi) is 4.65. The van der Waals surface area contributed by atoms with Crippen LogP contribution in [0.5, 0.6) is 0 Å². The Morgan fingerprint density at radius 2 is 1.85 bits per heavy atom. The predicted molar refractivity (Wildman–Crippen MR) is 76.5 cm³/mol. The van der Waals surface area contributed by atoms with Crippen LogP contribution in [0.2, 0.25) is 0 Å². The van der Waals surface area contributed by atoms with Crippen LogP contribution >= 0.6 is 0 Å². The molecule has 1 aromatic carbocycles. The largest absolute Gasteiger partial charge is 0.464 e. The van der Waals surface area contributed by atoms with Gasteiger partial charge in [-0.15, -0.1) is 0 Å². The van der Waals surface area contributed by atoms with Gasteiger partial charge in [-0.1, -0.05) is 31.2 Å². The van der Waals surface area contributed by atoms with Gasteiger partial charge in [0, 0.05) is 6.54 Å². The van der Waals surface area contributed by atoms with Gasteiger partial charge in [-0.3, -0.25) is 0 Å². The molecule has 0 aliphatic rings. The highest BCUT2D eigenvalue weighted by Gasteiger charge is 2.07. The minimum Gasteiger partial charge on any atom is -0.464 e. The Hall–Kier alpha value is -2.43. The minimum atomic E-state index is -0.487. The van der Waals surface area contributed by atoms with Crippen LogP contribution in [-0.4, -0.2) is 23.0 Å². The van der Waals surface area contributed by atoms with Crippen molar-refractivity contribution in [2.75, 3.05) is 12.4 Å². The van der Waals surface area contributed by atoms with Gasteiger partial charge in [-0.05, 0) is 17.5 Å². The number of benzene rings is 1. The van der Waals surface area contributed by atoms with Crippen LogP contribution in [0.1, 0.15) is 28.5 Å². The van der Waals surface area contributed by atoms with Crippen molar-refractivity contribution in [3.05, 3.63) is 53.5 Å². The normalized spacial score (nSPS) is 10.1. The number of hydrogen-bond donors (Lipinski definition) is 1. The first-order chi connectivity index (χ1) is 9.72. The van der Waals surface area contributed by atoms with Crippen molar-refractivity contribution in [3.63, 3.8) is 0 Å². The van der Waals surface area contributed by atoms with Gasteiger partial charge in [0.15, 0.2) is 5.69 Å². The maximum absolute atomic E-state index is 11.2. The number of methoxy groups -OCH3 is 1. The van der Waals surface area contributed by atoms with Crippen LogP contribution in [-0.2, 0) is 17.7 Å². The molecule has 1 aromatic heterocycles. The van der Waals surface area contributed by atoms with Crippen LogP contribution in [0.15, 0.2) is 36.7 Å². The van der Waals surface area contributed by atoms with Crippen molar-refractivity contribution in [1.82, 2.24) is 9.97 Å². The molecule has 0 amide bonds. The van der Waals surface area contributed by atoms with Crippen molar-refractivity contribution in [2.24, 2.45) is 0 Å². The van der Waals surface area contributed by atoms with E-state index in [0.717, 1.165) is 6.42 Å². The third kappa shape index (κ3) is 3.54. The summed E-state index contributed by atoms with van der Waals surface area (Å²) < 4.78 is 4.57. The van der Waals surface area contributed by atoms with E-state index in [9.17, 15) is 4.79 Å². The molecule has 0 saturated carbocycles. The fourth-order valence-electron chi connectivity index (χ4n) is 1.71. The molecule has 0 unspecified atom stereocenters. The van der Waals surface area contributed by atoms with Crippen molar-refractivity contribution in [3.8, 4) is 0 Å². The second-order valence-corrected chi connectivity index (χ2v) is 4.30. The lowest BCUT2D eigenvalue weighted by Gasteiger charge is -2.06. The number of aryl methyl sites for hydroxylation is 1. The van der Waals surface area contributed by atoms with E-state index in [-0.39, 0.29) is 5.69 Å². The topological polar surface area (TPSA) is 64.1 Å². The Labute approximate surface area is 118 Å². The molecular weight excluding hydrogens is 254 g/mol. The quantitative estimate of drug-likeness (QED) is 0.846. The lowest BCUT2D eigenvalue weighted by molar-refractivity contribution is 0.0593. The lowest BCUT2D eigenvalue weighted by atomic mass is 10.1. The number of esters is 1. The predicted octanol–water partition coefficient (Wildman–Crippen LogP) is 2.44. The summed E-state index contributed by atoms with van der Waals surface area (Å²) in [6, 6.07) is 8.40. The molecule has 1 heterocycles. The molecule has 0 bridgehead atoms. The number of anilines is 1. The van der Waals surface area contributed by atoms with Gasteiger partial charge in [0.1, 0.15) is 5.82 Å². The molecule has 0 atom stereocenters. The summed E-state index contributed by atoms with van der Waals surface area (Å²) in [7, 11) is 1.32. The zero-order valence-corrected chi connectivity index (χ0v) is 11.6. The summed E-state index contributed by atoms with van der Waals surface area (Å²) in [5.41, 5.74) is 2.68. The third-order valence-electron chi connectivity index (χ3n) is 2.95. The zero-order valence-electron chi connectivity index (χ0n) is 11.6. The van der Waals surface area contributed by atoms with E-state index in [2.05, 4.69) is 51.2 Å². The Bertz CT molecular complexity index is 565. The lowest BCUT2D eigenvalue weighted by Crippen LogP contribution is -2.07. The van der Waals surface area contributed by atoms with Crippen LogP contribution in [0.4, 0.5) is 5.82 Å². The molecule has 0 fully saturated rings. The molecule has 0 spiro atoms. The molecule has 20 heavy (non-hydrogen) atoms. The summed E-state index contributed by atoms with van der Waals surface area (Å²) >= 11 is 0. The van der Waals surface area contributed by atoms with Gasteiger partial charge in [0.05, 0.1) is 19.5 Å². The smallest absolute Gasteiger partial charge is 0.358 e. The van der Waals surface area contributed by atoms with E-state index < -0.39 is 5.97 Å². The maximum Gasteiger partial charge on any atom is 0.358 e. The van der Waals surface area contributed by atoms with Gasteiger partial charge in [-0.2, -0.15) is 0 Å². The molecule has 5 nitrogen and oxygen atoms in total. The van der Waals surface area contributed by atoms with Gasteiger partial charge in [-0.25, -0.2) is 14.8 Å². The fourth-order valence-corrected chi connectivity index (χ4v) is 1.71. The second kappa shape index (κ2) is 6.65.